The molecule has 0 aliphatic heterocycles. The molecule has 1 aromatic heterocycles. The molecule has 3 aromatic rings. The van der Waals surface area contributed by atoms with Gasteiger partial charge < -0.3 is 10.6 Å². The third-order valence-corrected chi connectivity index (χ3v) is 3.85. The number of carbonyl (C=O) groups excluding carboxylic acids is 1. The van der Waals surface area contributed by atoms with E-state index < -0.39 is 0 Å². The van der Waals surface area contributed by atoms with Crippen molar-refractivity contribution in [2.24, 2.45) is 0 Å². The van der Waals surface area contributed by atoms with Crippen LogP contribution in [-0.2, 0) is 0 Å². The smallest absolute Gasteiger partial charge is 0.275 e. The summed E-state index contributed by atoms with van der Waals surface area (Å²) in [6.45, 7) is 5.97. The number of nitrogens with zero attached hydrogens (tertiary/aromatic N) is 2. The molecule has 0 bridgehead atoms. The summed E-state index contributed by atoms with van der Waals surface area (Å²) in [7, 11) is 0. The predicted octanol–water partition coefficient (Wildman–Crippen LogP) is 4.40. The SMILES string of the molecule is Cc1ccc(Nc2cnc(C(=O)Nc3cc(C)ccc3C)cn2)cc1. The van der Waals surface area contributed by atoms with Crippen molar-refractivity contribution < 1.29 is 4.79 Å². The number of aromatic nitrogens is 2. The Kier molecular flexibility index (Phi) is 4.75. The normalized spacial score (nSPS) is 10.4. The minimum absolute atomic E-state index is 0.273. The van der Waals surface area contributed by atoms with Crippen molar-refractivity contribution in [1.82, 2.24) is 9.97 Å². The van der Waals surface area contributed by atoms with E-state index in [4.69, 9.17) is 0 Å². The molecular weight excluding hydrogens is 312 g/mol. The molecule has 0 radical (unpaired) electrons. The minimum Gasteiger partial charge on any atom is -0.339 e. The van der Waals surface area contributed by atoms with Crippen LogP contribution < -0.4 is 10.6 Å². The van der Waals surface area contributed by atoms with Gasteiger partial charge in [-0.05, 0) is 50.1 Å². The van der Waals surface area contributed by atoms with Crippen LogP contribution in [0.3, 0.4) is 0 Å². The van der Waals surface area contributed by atoms with Gasteiger partial charge >= 0.3 is 0 Å². The van der Waals surface area contributed by atoms with Gasteiger partial charge in [0.1, 0.15) is 11.5 Å². The Morgan fingerprint density at radius 2 is 1.60 bits per heavy atom. The number of aryl methyl sites for hydroxylation is 3. The monoisotopic (exact) mass is 332 g/mol. The Labute approximate surface area is 147 Å². The number of anilines is 3. The summed E-state index contributed by atoms with van der Waals surface area (Å²) in [5.41, 5.74) is 5.26. The molecule has 3 rings (SSSR count). The van der Waals surface area contributed by atoms with E-state index in [1.807, 2.05) is 63.2 Å². The lowest BCUT2D eigenvalue weighted by Gasteiger charge is -2.09. The van der Waals surface area contributed by atoms with Crippen LogP contribution in [0.5, 0.6) is 0 Å². The maximum absolute atomic E-state index is 12.4. The van der Waals surface area contributed by atoms with Crippen molar-refractivity contribution in [2.45, 2.75) is 20.8 Å². The third-order valence-electron chi connectivity index (χ3n) is 3.85. The quantitative estimate of drug-likeness (QED) is 0.743. The largest absolute Gasteiger partial charge is 0.339 e. The molecule has 0 aliphatic rings. The zero-order chi connectivity index (χ0) is 17.8. The second kappa shape index (κ2) is 7.13. The molecule has 0 aliphatic carbocycles. The van der Waals surface area contributed by atoms with Gasteiger partial charge in [-0.3, -0.25) is 4.79 Å². The lowest BCUT2D eigenvalue weighted by Crippen LogP contribution is -2.15. The van der Waals surface area contributed by atoms with Crippen LogP contribution >= 0.6 is 0 Å². The first-order valence-corrected chi connectivity index (χ1v) is 8.05. The van der Waals surface area contributed by atoms with Crippen molar-refractivity contribution in [3.8, 4) is 0 Å². The van der Waals surface area contributed by atoms with Crippen molar-refractivity contribution >= 4 is 23.1 Å². The Morgan fingerprint density at radius 1 is 0.880 bits per heavy atom. The van der Waals surface area contributed by atoms with E-state index in [-0.39, 0.29) is 11.6 Å². The zero-order valence-electron chi connectivity index (χ0n) is 14.5. The van der Waals surface area contributed by atoms with Gasteiger partial charge in [-0.15, -0.1) is 0 Å². The molecule has 5 heteroatoms. The predicted molar refractivity (Wildman–Crippen MR) is 100 cm³/mol. The molecule has 0 fully saturated rings. The lowest BCUT2D eigenvalue weighted by molar-refractivity contribution is 0.102. The summed E-state index contributed by atoms with van der Waals surface area (Å²) in [5, 5.41) is 6.04. The van der Waals surface area contributed by atoms with E-state index >= 15 is 0 Å². The minimum atomic E-state index is -0.275. The molecule has 126 valence electrons. The molecule has 0 saturated carbocycles. The van der Waals surface area contributed by atoms with E-state index in [0.29, 0.717) is 5.82 Å². The first-order chi connectivity index (χ1) is 12.0. The molecule has 2 N–H and O–H groups in total. The summed E-state index contributed by atoms with van der Waals surface area (Å²) < 4.78 is 0. The second-order valence-corrected chi connectivity index (χ2v) is 6.05. The molecule has 1 heterocycles. The molecule has 1 amide bonds. The average Bonchev–Trinajstić information content (AvgIpc) is 2.61. The highest BCUT2D eigenvalue weighted by atomic mass is 16.1. The number of nitrogens with one attached hydrogen (secondary N) is 2. The fourth-order valence-electron chi connectivity index (χ4n) is 2.35. The molecule has 2 aromatic carbocycles. The van der Waals surface area contributed by atoms with Gasteiger partial charge in [0.2, 0.25) is 0 Å². The van der Waals surface area contributed by atoms with Gasteiger partial charge in [0, 0.05) is 11.4 Å². The second-order valence-electron chi connectivity index (χ2n) is 6.05. The first kappa shape index (κ1) is 16.6. The van der Waals surface area contributed by atoms with Crippen molar-refractivity contribution in [2.75, 3.05) is 10.6 Å². The summed E-state index contributed by atoms with van der Waals surface area (Å²) in [4.78, 5) is 20.8. The van der Waals surface area contributed by atoms with Crippen molar-refractivity contribution in [1.29, 1.82) is 0 Å². The average molecular weight is 332 g/mol. The third kappa shape index (κ3) is 4.20. The van der Waals surface area contributed by atoms with Crippen LogP contribution in [0.1, 0.15) is 27.2 Å². The van der Waals surface area contributed by atoms with Crippen LogP contribution in [0.25, 0.3) is 0 Å². The van der Waals surface area contributed by atoms with Gasteiger partial charge in [0.05, 0.1) is 12.4 Å². The highest BCUT2D eigenvalue weighted by molar-refractivity contribution is 6.03. The number of hydrogen-bond acceptors (Lipinski definition) is 4. The van der Waals surface area contributed by atoms with E-state index in [0.717, 1.165) is 22.5 Å². The van der Waals surface area contributed by atoms with Gasteiger partial charge in [-0.25, -0.2) is 9.97 Å². The van der Waals surface area contributed by atoms with Crippen LogP contribution in [0.4, 0.5) is 17.2 Å². The van der Waals surface area contributed by atoms with Crippen LogP contribution in [0, 0.1) is 20.8 Å². The topological polar surface area (TPSA) is 66.9 Å². The molecule has 0 saturated heterocycles. The van der Waals surface area contributed by atoms with Crippen LogP contribution in [-0.4, -0.2) is 15.9 Å². The van der Waals surface area contributed by atoms with Crippen molar-refractivity contribution in [3.05, 3.63) is 77.2 Å². The van der Waals surface area contributed by atoms with E-state index in [9.17, 15) is 4.79 Å². The molecule has 0 unspecified atom stereocenters. The van der Waals surface area contributed by atoms with E-state index in [1.165, 1.54) is 11.8 Å². The molecule has 25 heavy (non-hydrogen) atoms. The zero-order valence-corrected chi connectivity index (χ0v) is 14.5. The molecule has 5 nitrogen and oxygen atoms in total. The summed E-state index contributed by atoms with van der Waals surface area (Å²) in [6, 6.07) is 13.9. The van der Waals surface area contributed by atoms with Crippen LogP contribution in [0.15, 0.2) is 54.9 Å². The number of benzene rings is 2. The summed E-state index contributed by atoms with van der Waals surface area (Å²) in [5.74, 6) is 0.315. The Morgan fingerprint density at radius 3 is 2.28 bits per heavy atom. The Balaban J connectivity index is 1.70. The number of hydrogen-bond donors (Lipinski definition) is 2. The maximum atomic E-state index is 12.4. The summed E-state index contributed by atoms with van der Waals surface area (Å²) in [6.07, 6.45) is 3.02. The molecule has 0 atom stereocenters. The van der Waals surface area contributed by atoms with E-state index in [1.54, 1.807) is 6.20 Å². The highest BCUT2D eigenvalue weighted by Gasteiger charge is 2.10. The first-order valence-electron chi connectivity index (χ1n) is 8.05. The molecular formula is C20H20N4O. The highest BCUT2D eigenvalue weighted by Crippen LogP contribution is 2.18. The van der Waals surface area contributed by atoms with Gasteiger partial charge in [0.25, 0.3) is 5.91 Å². The Bertz CT molecular complexity index is 887. The number of carbonyl (C=O) groups is 1. The van der Waals surface area contributed by atoms with Gasteiger partial charge in [-0.1, -0.05) is 29.8 Å². The lowest BCUT2D eigenvalue weighted by atomic mass is 10.1. The van der Waals surface area contributed by atoms with Gasteiger partial charge in [0.15, 0.2) is 0 Å². The standard InChI is InChI=1S/C20H20N4O/c1-13-5-8-16(9-6-13)23-19-12-21-18(11-22-19)20(25)24-17-10-14(2)4-7-15(17)3/h4-12H,1-3H3,(H,22,23)(H,24,25). The molecule has 0 spiro atoms. The fourth-order valence-corrected chi connectivity index (χ4v) is 2.35. The summed E-state index contributed by atoms with van der Waals surface area (Å²) >= 11 is 0. The number of rotatable bonds is 4. The Hall–Kier alpha value is -3.21. The van der Waals surface area contributed by atoms with Gasteiger partial charge in [-0.2, -0.15) is 0 Å². The maximum Gasteiger partial charge on any atom is 0.275 e. The fraction of sp³-hybridized carbons (Fsp3) is 0.150. The van der Waals surface area contributed by atoms with E-state index in [2.05, 4.69) is 20.6 Å². The van der Waals surface area contributed by atoms with Crippen molar-refractivity contribution in [3.63, 3.8) is 0 Å². The number of amides is 1. The van der Waals surface area contributed by atoms with Crippen LogP contribution in [0.2, 0.25) is 0 Å².